The third kappa shape index (κ3) is 5.03. The fourth-order valence-electron chi connectivity index (χ4n) is 7.41. The van der Waals surface area contributed by atoms with Crippen LogP contribution >= 0.6 is 0 Å². The second kappa shape index (κ2) is 10.2. The summed E-state index contributed by atoms with van der Waals surface area (Å²) in [5, 5.41) is 0.127. The average Bonchev–Trinajstić information content (AvgIpc) is 3.19. The molecule has 1 spiro atoms. The first-order valence-corrected chi connectivity index (χ1v) is 19.2. The molecule has 2 fully saturated rings. The van der Waals surface area contributed by atoms with Crippen LogP contribution in [-0.4, -0.2) is 39.7 Å². The fraction of sp³-hybridized carbons (Fsp3) is 0.694. The van der Waals surface area contributed by atoms with Crippen molar-refractivity contribution in [2.75, 3.05) is 26.4 Å². The summed E-state index contributed by atoms with van der Waals surface area (Å²) in [6.45, 7) is 26.5. The highest BCUT2D eigenvalue weighted by Gasteiger charge is 2.53. The second-order valence-corrected chi connectivity index (χ2v) is 21.2. The maximum atomic E-state index is 7.38. The molecule has 1 aliphatic carbocycles. The number of aromatic nitrogens is 1. The highest BCUT2D eigenvalue weighted by Crippen LogP contribution is 2.59. The lowest BCUT2D eigenvalue weighted by Crippen LogP contribution is -2.45. The van der Waals surface area contributed by atoms with Crippen LogP contribution in [0.4, 0.5) is 0 Å². The van der Waals surface area contributed by atoms with Crippen LogP contribution < -0.4 is 0 Å². The molecule has 6 rings (SSSR count). The van der Waals surface area contributed by atoms with Crippen LogP contribution in [0.5, 0.6) is 0 Å². The molecule has 0 radical (unpaired) electrons. The number of benzene rings is 1. The Hall–Kier alpha value is -1.57. The van der Waals surface area contributed by atoms with Gasteiger partial charge in [-0.15, -0.1) is 0 Å². The lowest BCUT2D eigenvalue weighted by Gasteiger charge is -2.46. The van der Waals surface area contributed by atoms with Gasteiger partial charge in [-0.3, -0.25) is 4.98 Å². The van der Waals surface area contributed by atoms with E-state index in [2.05, 4.69) is 92.7 Å². The molecular formula is C36H53NO4Si. The molecule has 4 aliphatic rings. The van der Waals surface area contributed by atoms with Gasteiger partial charge in [0.2, 0.25) is 0 Å². The van der Waals surface area contributed by atoms with Gasteiger partial charge in [-0.2, -0.15) is 0 Å². The lowest BCUT2D eigenvalue weighted by atomic mass is 9.70. The predicted octanol–water partition coefficient (Wildman–Crippen LogP) is 8.65. The van der Waals surface area contributed by atoms with Crippen LogP contribution in [-0.2, 0) is 36.1 Å². The monoisotopic (exact) mass is 591 g/mol. The molecule has 0 amide bonds. The number of pyridine rings is 1. The van der Waals surface area contributed by atoms with E-state index in [9.17, 15) is 0 Å². The summed E-state index contributed by atoms with van der Waals surface area (Å²) in [4.78, 5) is 5.56. The van der Waals surface area contributed by atoms with E-state index in [4.69, 9.17) is 23.6 Å². The van der Waals surface area contributed by atoms with Crippen molar-refractivity contribution in [1.82, 2.24) is 4.98 Å². The SMILES string of the molecule is CC(C)c1nc2c(c3c1C(c1ccc(C4(C)COC4)cc1)OC31CCOCC1)[C@@H](O[Si](C)(C)C(C)(C)C)CC(C)(C)C2. The first kappa shape index (κ1) is 30.5. The number of nitrogens with zero attached hydrogens (tertiary/aromatic N) is 1. The topological polar surface area (TPSA) is 49.8 Å². The number of fused-ring (bicyclic) bond motifs is 4. The molecule has 2 atom stereocenters. The van der Waals surface area contributed by atoms with Gasteiger partial charge in [-0.05, 0) is 59.0 Å². The Labute approximate surface area is 255 Å². The van der Waals surface area contributed by atoms with Crippen molar-refractivity contribution in [3.8, 4) is 0 Å². The molecule has 1 aromatic heterocycles. The molecule has 42 heavy (non-hydrogen) atoms. The van der Waals surface area contributed by atoms with E-state index < -0.39 is 8.32 Å². The van der Waals surface area contributed by atoms with Crippen LogP contribution in [0.2, 0.25) is 18.1 Å². The summed E-state index contributed by atoms with van der Waals surface area (Å²) < 4.78 is 26.3. The van der Waals surface area contributed by atoms with Crippen molar-refractivity contribution < 1.29 is 18.6 Å². The molecule has 1 unspecified atom stereocenters. The van der Waals surface area contributed by atoms with Crippen molar-refractivity contribution in [2.24, 2.45) is 5.41 Å². The standard InChI is InChI=1S/C36H53NO4Si/c1-23(2)31-29-30(28-26(37-31)19-34(6,7)20-27(28)41-42(9,10)33(3,4)5)36(15-17-38-18-16-36)40-32(29)24-11-13-25(14-12-24)35(8)21-39-22-35/h11-14,23,27,32H,15-22H2,1-10H3/t27-,32?/m0/s1. The summed E-state index contributed by atoms with van der Waals surface area (Å²) in [6, 6.07) is 9.18. The number of hydrogen-bond donors (Lipinski definition) is 0. The van der Waals surface area contributed by atoms with Gasteiger partial charge >= 0.3 is 0 Å². The fourth-order valence-corrected chi connectivity index (χ4v) is 8.67. The van der Waals surface area contributed by atoms with Gasteiger partial charge in [0.15, 0.2) is 8.32 Å². The molecule has 0 N–H and O–H groups in total. The predicted molar refractivity (Wildman–Crippen MR) is 171 cm³/mol. The third-order valence-corrected chi connectivity index (χ3v) is 15.5. The Kier molecular flexibility index (Phi) is 7.42. The Morgan fingerprint density at radius 1 is 0.952 bits per heavy atom. The lowest BCUT2D eigenvalue weighted by molar-refractivity contribution is -0.122. The summed E-state index contributed by atoms with van der Waals surface area (Å²) in [6.07, 6.45) is 3.60. The summed E-state index contributed by atoms with van der Waals surface area (Å²) in [5.74, 6) is 0.292. The molecule has 2 aromatic rings. The van der Waals surface area contributed by atoms with E-state index in [-0.39, 0.29) is 33.7 Å². The largest absolute Gasteiger partial charge is 0.410 e. The summed E-state index contributed by atoms with van der Waals surface area (Å²) in [5.41, 5.74) is 8.89. The second-order valence-electron chi connectivity index (χ2n) is 16.5. The first-order valence-electron chi connectivity index (χ1n) is 16.2. The van der Waals surface area contributed by atoms with Gasteiger partial charge in [-0.25, -0.2) is 0 Å². The average molecular weight is 592 g/mol. The van der Waals surface area contributed by atoms with Crippen LogP contribution in [0.25, 0.3) is 0 Å². The smallest absolute Gasteiger partial charge is 0.192 e. The van der Waals surface area contributed by atoms with Gasteiger partial charge < -0.3 is 18.6 Å². The van der Waals surface area contributed by atoms with E-state index >= 15 is 0 Å². The molecule has 2 saturated heterocycles. The minimum Gasteiger partial charge on any atom is -0.410 e. The van der Waals surface area contributed by atoms with Gasteiger partial charge in [0.25, 0.3) is 0 Å². The molecule has 5 nitrogen and oxygen atoms in total. The van der Waals surface area contributed by atoms with Gasteiger partial charge in [0, 0.05) is 54.0 Å². The molecule has 3 aliphatic heterocycles. The van der Waals surface area contributed by atoms with Crippen LogP contribution in [0, 0.1) is 5.41 Å². The summed E-state index contributed by atoms with van der Waals surface area (Å²) >= 11 is 0. The van der Waals surface area contributed by atoms with E-state index in [0.29, 0.717) is 5.92 Å². The van der Waals surface area contributed by atoms with Crippen LogP contribution in [0.3, 0.4) is 0 Å². The minimum absolute atomic E-state index is 0.0233. The maximum absolute atomic E-state index is 7.38. The molecule has 1 aromatic carbocycles. The highest BCUT2D eigenvalue weighted by molar-refractivity contribution is 6.74. The quantitative estimate of drug-likeness (QED) is 0.326. The van der Waals surface area contributed by atoms with E-state index in [0.717, 1.165) is 52.1 Å². The first-order chi connectivity index (χ1) is 19.6. The maximum Gasteiger partial charge on any atom is 0.192 e. The molecule has 230 valence electrons. The van der Waals surface area contributed by atoms with E-state index in [1.165, 1.54) is 39.2 Å². The molecule has 6 heteroatoms. The highest BCUT2D eigenvalue weighted by atomic mass is 28.4. The summed E-state index contributed by atoms with van der Waals surface area (Å²) in [7, 11) is -2.06. The van der Waals surface area contributed by atoms with Crippen molar-refractivity contribution in [2.45, 2.75) is 128 Å². The van der Waals surface area contributed by atoms with Crippen LogP contribution in [0.1, 0.15) is 132 Å². The van der Waals surface area contributed by atoms with Gasteiger partial charge in [0.05, 0.1) is 24.9 Å². The zero-order valence-corrected chi connectivity index (χ0v) is 28.8. The molecule has 0 saturated carbocycles. The normalized spacial score (nSPS) is 26.2. The molecule has 4 heterocycles. The van der Waals surface area contributed by atoms with E-state index in [1.807, 2.05) is 0 Å². The van der Waals surface area contributed by atoms with Crippen molar-refractivity contribution in [1.29, 1.82) is 0 Å². The Balaban J connectivity index is 1.55. The number of ether oxygens (including phenoxy) is 3. The Morgan fingerprint density at radius 2 is 1.60 bits per heavy atom. The molecular weight excluding hydrogens is 538 g/mol. The van der Waals surface area contributed by atoms with Crippen molar-refractivity contribution >= 4 is 8.32 Å². The number of rotatable bonds is 5. The van der Waals surface area contributed by atoms with Gasteiger partial charge in [-0.1, -0.05) is 79.7 Å². The Morgan fingerprint density at radius 3 is 2.14 bits per heavy atom. The Bertz CT molecular complexity index is 1330. The van der Waals surface area contributed by atoms with Crippen LogP contribution in [0.15, 0.2) is 24.3 Å². The number of hydrogen-bond acceptors (Lipinski definition) is 5. The van der Waals surface area contributed by atoms with Crippen molar-refractivity contribution in [3.05, 3.63) is 63.5 Å². The third-order valence-electron chi connectivity index (χ3n) is 11.0. The minimum atomic E-state index is -2.06. The van der Waals surface area contributed by atoms with Gasteiger partial charge in [0.1, 0.15) is 6.10 Å². The zero-order valence-electron chi connectivity index (χ0n) is 27.8. The van der Waals surface area contributed by atoms with Crippen molar-refractivity contribution in [3.63, 3.8) is 0 Å². The molecule has 0 bridgehead atoms. The zero-order chi connectivity index (χ0) is 30.3. The van der Waals surface area contributed by atoms with E-state index in [1.54, 1.807) is 0 Å².